The zero-order chi connectivity index (χ0) is 6.41. The molecule has 0 aromatic carbocycles. The highest BCUT2D eigenvalue weighted by Gasteiger charge is 1.91. The van der Waals surface area contributed by atoms with Crippen LogP contribution in [0.15, 0.2) is 0 Å². The number of thioether (sulfide) groups is 1. The lowest BCUT2D eigenvalue weighted by molar-refractivity contribution is 0.532. The van der Waals surface area contributed by atoms with Gasteiger partial charge < -0.3 is 5.73 Å². The van der Waals surface area contributed by atoms with Crippen LogP contribution >= 0.6 is 11.8 Å². The minimum absolute atomic E-state index is 0.201. The minimum Gasteiger partial charge on any atom is -0.327 e. The SMILES string of the molecule is CC(N)CSCCF. The van der Waals surface area contributed by atoms with E-state index in [9.17, 15) is 4.39 Å². The molecule has 1 atom stereocenters. The van der Waals surface area contributed by atoms with Crippen LogP contribution in [0, 0.1) is 0 Å². The Morgan fingerprint density at radius 1 is 1.75 bits per heavy atom. The summed E-state index contributed by atoms with van der Waals surface area (Å²) in [5.41, 5.74) is 5.39. The van der Waals surface area contributed by atoms with Crippen LogP contribution in [0.1, 0.15) is 6.92 Å². The standard InChI is InChI=1S/C5H12FNS/c1-5(7)4-8-3-2-6/h5H,2-4,7H2,1H3. The van der Waals surface area contributed by atoms with Crippen molar-refractivity contribution in [2.24, 2.45) is 5.73 Å². The summed E-state index contributed by atoms with van der Waals surface area (Å²) >= 11 is 1.56. The van der Waals surface area contributed by atoms with Gasteiger partial charge in [0, 0.05) is 17.5 Å². The average Bonchev–Trinajstić information content (AvgIpc) is 1.66. The van der Waals surface area contributed by atoms with Crippen LogP contribution in [0.3, 0.4) is 0 Å². The third kappa shape index (κ3) is 6.24. The van der Waals surface area contributed by atoms with E-state index < -0.39 is 0 Å². The van der Waals surface area contributed by atoms with Crippen molar-refractivity contribution in [1.82, 2.24) is 0 Å². The lowest BCUT2D eigenvalue weighted by atomic mass is 10.4. The Kier molecular flexibility index (Phi) is 5.54. The predicted octanol–water partition coefficient (Wildman–Crippen LogP) is 1.04. The van der Waals surface area contributed by atoms with Gasteiger partial charge in [0.25, 0.3) is 0 Å². The van der Waals surface area contributed by atoms with Crippen LogP contribution in [-0.4, -0.2) is 24.2 Å². The van der Waals surface area contributed by atoms with E-state index in [0.29, 0.717) is 5.75 Å². The fourth-order valence-electron chi connectivity index (χ4n) is 0.324. The van der Waals surface area contributed by atoms with Gasteiger partial charge in [0.15, 0.2) is 0 Å². The second-order valence-corrected chi connectivity index (χ2v) is 2.89. The van der Waals surface area contributed by atoms with Gasteiger partial charge in [-0.25, -0.2) is 0 Å². The highest BCUT2D eigenvalue weighted by Crippen LogP contribution is 1.99. The van der Waals surface area contributed by atoms with Crippen molar-refractivity contribution in [3.8, 4) is 0 Å². The molecular formula is C5H12FNS. The first-order valence-electron chi connectivity index (χ1n) is 2.66. The Morgan fingerprint density at radius 3 is 2.75 bits per heavy atom. The van der Waals surface area contributed by atoms with E-state index >= 15 is 0 Å². The predicted molar refractivity (Wildman–Crippen MR) is 36.9 cm³/mol. The van der Waals surface area contributed by atoms with E-state index in [0.717, 1.165) is 5.75 Å². The molecule has 3 heteroatoms. The van der Waals surface area contributed by atoms with Crippen LogP contribution in [0.4, 0.5) is 4.39 Å². The zero-order valence-electron chi connectivity index (χ0n) is 5.06. The summed E-state index contributed by atoms with van der Waals surface area (Å²) in [5, 5.41) is 0. The van der Waals surface area contributed by atoms with E-state index in [-0.39, 0.29) is 12.7 Å². The van der Waals surface area contributed by atoms with E-state index in [1.807, 2.05) is 6.92 Å². The van der Waals surface area contributed by atoms with Gasteiger partial charge >= 0.3 is 0 Å². The van der Waals surface area contributed by atoms with E-state index in [1.165, 1.54) is 0 Å². The molecule has 8 heavy (non-hydrogen) atoms. The van der Waals surface area contributed by atoms with Crippen LogP contribution in [0.5, 0.6) is 0 Å². The molecule has 1 nitrogen and oxygen atoms in total. The Labute approximate surface area is 53.8 Å². The maximum atomic E-state index is 11.4. The van der Waals surface area contributed by atoms with Gasteiger partial charge in [-0.2, -0.15) is 11.8 Å². The molecule has 0 saturated heterocycles. The average molecular weight is 137 g/mol. The summed E-state index contributed by atoms with van der Waals surface area (Å²) in [4.78, 5) is 0. The summed E-state index contributed by atoms with van der Waals surface area (Å²) in [7, 11) is 0. The third-order valence-corrected chi connectivity index (χ3v) is 1.81. The fourth-order valence-corrected chi connectivity index (χ4v) is 0.971. The largest absolute Gasteiger partial charge is 0.327 e. The first-order valence-corrected chi connectivity index (χ1v) is 3.82. The summed E-state index contributed by atoms with van der Waals surface area (Å²) in [5.74, 6) is 1.45. The van der Waals surface area contributed by atoms with Crippen LogP contribution in [0.25, 0.3) is 0 Å². The van der Waals surface area contributed by atoms with Crippen molar-refractivity contribution in [2.75, 3.05) is 18.2 Å². The Hall–Kier alpha value is 0.240. The quantitative estimate of drug-likeness (QED) is 0.586. The number of halogens is 1. The number of hydrogen-bond donors (Lipinski definition) is 1. The molecular weight excluding hydrogens is 125 g/mol. The monoisotopic (exact) mass is 137 g/mol. The molecule has 0 radical (unpaired) electrons. The highest BCUT2D eigenvalue weighted by molar-refractivity contribution is 7.99. The van der Waals surface area contributed by atoms with Crippen molar-refractivity contribution < 1.29 is 4.39 Å². The fraction of sp³-hybridized carbons (Fsp3) is 1.00. The summed E-state index contributed by atoms with van der Waals surface area (Å²) in [6, 6.07) is 0.201. The molecule has 0 aromatic heterocycles. The molecule has 0 aliphatic heterocycles. The Morgan fingerprint density at radius 2 is 2.38 bits per heavy atom. The number of nitrogens with two attached hydrogens (primary N) is 1. The Balaban J connectivity index is 2.72. The van der Waals surface area contributed by atoms with E-state index in [4.69, 9.17) is 5.73 Å². The van der Waals surface area contributed by atoms with E-state index in [1.54, 1.807) is 11.8 Å². The summed E-state index contributed by atoms with van der Waals surface area (Å²) in [6.07, 6.45) is 0. The molecule has 0 saturated carbocycles. The van der Waals surface area contributed by atoms with Gasteiger partial charge in [0.2, 0.25) is 0 Å². The number of rotatable bonds is 4. The van der Waals surface area contributed by atoms with Crippen molar-refractivity contribution in [1.29, 1.82) is 0 Å². The van der Waals surface area contributed by atoms with Crippen molar-refractivity contribution in [3.63, 3.8) is 0 Å². The number of hydrogen-bond acceptors (Lipinski definition) is 2. The number of alkyl halides is 1. The lowest BCUT2D eigenvalue weighted by Gasteiger charge is -2.00. The van der Waals surface area contributed by atoms with Gasteiger partial charge in [-0.15, -0.1) is 0 Å². The smallest absolute Gasteiger partial charge is 0.0984 e. The van der Waals surface area contributed by atoms with E-state index in [2.05, 4.69) is 0 Å². The second kappa shape index (κ2) is 5.38. The topological polar surface area (TPSA) is 26.0 Å². The van der Waals surface area contributed by atoms with Gasteiger partial charge in [0.1, 0.15) is 0 Å². The molecule has 0 amide bonds. The summed E-state index contributed by atoms with van der Waals surface area (Å²) in [6.45, 7) is 1.68. The first kappa shape index (κ1) is 8.24. The maximum absolute atomic E-state index is 11.4. The van der Waals surface area contributed by atoms with Gasteiger partial charge in [0.05, 0.1) is 6.67 Å². The van der Waals surface area contributed by atoms with Gasteiger partial charge in [-0.1, -0.05) is 0 Å². The minimum atomic E-state index is -0.239. The molecule has 0 rings (SSSR count). The van der Waals surface area contributed by atoms with Crippen LogP contribution in [0.2, 0.25) is 0 Å². The zero-order valence-corrected chi connectivity index (χ0v) is 5.88. The molecule has 0 fully saturated rings. The highest BCUT2D eigenvalue weighted by atomic mass is 32.2. The first-order chi connectivity index (χ1) is 3.77. The summed E-state index contributed by atoms with van der Waals surface area (Å²) < 4.78 is 11.4. The normalized spacial score (nSPS) is 13.9. The molecule has 2 N–H and O–H groups in total. The van der Waals surface area contributed by atoms with Gasteiger partial charge in [-0.05, 0) is 6.92 Å². The Bertz CT molecular complexity index is 49.7. The van der Waals surface area contributed by atoms with Crippen molar-refractivity contribution in [2.45, 2.75) is 13.0 Å². The molecule has 0 aliphatic carbocycles. The molecule has 0 aliphatic rings. The van der Waals surface area contributed by atoms with Crippen molar-refractivity contribution >= 4 is 11.8 Å². The molecule has 0 spiro atoms. The van der Waals surface area contributed by atoms with Crippen LogP contribution in [-0.2, 0) is 0 Å². The molecule has 0 aromatic rings. The second-order valence-electron chi connectivity index (χ2n) is 1.74. The van der Waals surface area contributed by atoms with Crippen LogP contribution < -0.4 is 5.73 Å². The van der Waals surface area contributed by atoms with Gasteiger partial charge in [-0.3, -0.25) is 4.39 Å². The molecule has 0 bridgehead atoms. The maximum Gasteiger partial charge on any atom is 0.0984 e. The molecule has 0 heterocycles. The molecule has 50 valence electrons. The third-order valence-electron chi connectivity index (χ3n) is 0.602. The van der Waals surface area contributed by atoms with Crippen molar-refractivity contribution in [3.05, 3.63) is 0 Å². The lowest BCUT2D eigenvalue weighted by Crippen LogP contribution is -2.17. The molecule has 1 unspecified atom stereocenters.